The van der Waals surface area contributed by atoms with Gasteiger partial charge in [0.15, 0.2) is 0 Å². The summed E-state index contributed by atoms with van der Waals surface area (Å²) >= 11 is 0. The van der Waals surface area contributed by atoms with Crippen LogP contribution < -0.4 is 0 Å². The maximum Gasteiger partial charge on any atom is 0.306 e. The summed E-state index contributed by atoms with van der Waals surface area (Å²) in [7, 11) is 0. The molecule has 0 saturated heterocycles. The molecule has 0 aliphatic carbocycles. The molecule has 0 fully saturated rings. The minimum Gasteiger partial charge on any atom is -0.462 e. The molecule has 0 bridgehead atoms. The zero-order chi connectivity index (χ0) is 19.5. The molecule has 0 aromatic carbocycles. The first-order chi connectivity index (χ1) is 12.6. The van der Waals surface area contributed by atoms with E-state index >= 15 is 0 Å². The van der Waals surface area contributed by atoms with Gasteiger partial charge in [0, 0.05) is 12.8 Å². The average Bonchev–Trinajstić information content (AvgIpc) is 2.62. The lowest BCUT2D eigenvalue weighted by molar-refractivity contribution is -0.158. The van der Waals surface area contributed by atoms with Crippen molar-refractivity contribution in [1.82, 2.24) is 0 Å². The van der Waals surface area contributed by atoms with Gasteiger partial charge in [0.25, 0.3) is 0 Å². The van der Waals surface area contributed by atoms with E-state index in [1.807, 2.05) is 0 Å². The van der Waals surface area contributed by atoms with Gasteiger partial charge in [-0.25, -0.2) is 0 Å². The fourth-order valence-corrected chi connectivity index (χ4v) is 2.88. The van der Waals surface area contributed by atoms with Crippen LogP contribution in [0.2, 0.25) is 0 Å². The van der Waals surface area contributed by atoms with Gasteiger partial charge >= 0.3 is 11.9 Å². The Kier molecular flexibility index (Phi) is 18.0. The molecule has 26 heavy (non-hydrogen) atoms. The van der Waals surface area contributed by atoms with Crippen molar-refractivity contribution in [2.75, 3.05) is 6.61 Å². The van der Waals surface area contributed by atoms with E-state index in [1.165, 1.54) is 57.8 Å². The van der Waals surface area contributed by atoms with Gasteiger partial charge in [0.1, 0.15) is 12.7 Å². The summed E-state index contributed by atoms with van der Waals surface area (Å²) in [5.41, 5.74) is 0. The summed E-state index contributed by atoms with van der Waals surface area (Å²) in [6.45, 7) is 6.34. The van der Waals surface area contributed by atoms with Crippen molar-refractivity contribution in [3.8, 4) is 0 Å². The molecule has 0 amide bonds. The van der Waals surface area contributed by atoms with Gasteiger partial charge in [0.2, 0.25) is 0 Å². The number of hydrogen-bond donors (Lipinski definition) is 0. The normalized spacial score (nSPS) is 12.0. The molecule has 4 nitrogen and oxygen atoms in total. The second-order valence-electron chi connectivity index (χ2n) is 7.37. The van der Waals surface area contributed by atoms with Crippen molar-refractivity contribution in [2.45, 2.75) is 123 Å². The summed E-state index contributed by atoms with van der Waals surface area (Å²) in [4.78, 5) is 23.4. The fourth-order valence-electron chi connectivity index (χ4n) is 2.88. The van der Waals surface area contributed by atoms with Gasteiger partial charge in [-0.15, -0.1) is 0 Å². The fraction of sp³-hybridized carbons (Fsp3) is 0.909. The minimum absolute atomic E-state index is 0.164. The number of esters is 2. The van der Waals surface area contributed by atoms with Crippen molar-refractivity contribution in [3.05, 3.63) is 0 Å². The highest BCUT2D eigenvalue weighted by molar-refractivity contribution is 5.70. The molecule has 0 spiro atoms. The summed E-state index contributed by atoms with van der Waals surface area (Å²) in [6, 6.07) is 0. The van der Waals surface area contributed by atoms with E-state index < -0.39 is 0 Å². The topological polar surface area (TPSA) is 52.6 Å². The highest BCUT2D eigenvalue weighted by atomic mass is 16.6. The third-order valence-corrected chi connectivity index (χ3v) is 4.53. The Balaban J connectivity index is 3.50. The third-order valence-electron chi connectivity index (χ3n) is 4.53. The lowest BCUT2D eigenvalue weighted by atomic mass is 10.1. The van der Waals surface area contributed by atoms with Gasteiger partial charge in [-0.05, 0) is 19.8 Å². The zero-order valence-electron chi connectivity index (χ0n) is 17.5. The van der Waals surface area contributed by atoms with Crippen LogP contribution in [-0.2, 0) is 19.1 Å². The molecule has 154 valence electrons. The van der Waals surface area contributed by atoms with E-state index in [2.05, 4.69) is 13.8 Å². The van der Waals surface area contributed by atoms with Crippen LogP contribution >= 0.6 is 0 Å². The molecule has 0 radical (unpaired) electrons. The first kappa shape index (κ1) is 24.9. The van der Waals surface area contributed by atoms with Gasteiger partial charge < -0.3 is 9.47 Å². The van der Waals surface area contributed by atoms with Crippen molar-refractivity contribution >= 4 is 11.9 Å². The Hall–Kier alpha value is -1.06. The van der Waals surface area contributed by atoms with E-state index in [4.69, 9.17) is 9.47 Å². The number of carbonyl (C=O) groups is 2. The van der Waals surface area contributed by atoms with Gasteiger partial charge in [-0.1, -0.05) is 84.5 Å². The van der Waals surface area contributed by atoms with Crippen LogP contribution in [0, 0.1) is 0 Å². The van der Waals surface area contributed by atoms with Crippen LogP contribution in [0.4, 0.5) is 0 Å². The van der Waals surface area contributed by atoms with E-state index in [0.29, 0.717) is 12.8 Å². The van der Waals surface area contributed by atoms with Crippen molar-refractivity contribution in [1.29, 1.82) is 0 Å². The Morgan fingerprint density at radius 3 is 1.58 bits per heavy atom. The lowest BCUT2D eigenvalue weighted by Crippen LogP contribution is -2.22. The molecular formula is C22H42O4. The van der Waals surface area contributed by atoms with Crippen LogP contribution in [-0.4, -0.2) is 24.6 Å². The molecule has 0 aromatic heterocycles. The van der Waals surface area contributed by atoms with Gasteiger partial charge in [-0.3, -0.25) is 9.59 Å². The van der Waals surface area contributed by atoms with Crippen LogP contribution in [0.5, 0.6) is 0 Å². The van der Waals surface area contributed by atoms with Crippen LogP contribution in [0.1, 0.15) is 117 Å². The molecule has 0 rings (SSSR count). The third kappa shape index (κ3) is 17.8. The molecule has 0 heterocycles. The van der Waals surface area contributed by atoms with Crippen molar-refractivity contribution in [3.63, 3.8) is 0 Å². The highest BCUT2D eigenvalue weighted by Gasteiger charge is 2.12. The van der Waals surface area contributed by atoms with Gasteiger partial charge in [0.05, 0.1) is 0 Å². The monoisotopic (exact) mass is 370 g/mol. The van der Waals surface area contributed by atoms with Crippen LogP contribution in [0.15, 0.2) is 0 Å². The maximum atomic E-state index is 11.8. The number of rotatable bonds is 18. The zero-order valence-corrected chi connectivity index (χ0v) is 17.5. The summed E-state index contributed by atoms with van der Waals surface area (Å²) in [5, 5.41) is 0. The van der Waals surface area contributed by atoms with Crippen molar-refractivity contribution < 1.29 is 19.1 Å². The predicted octanol–water partition coefficient (Wildman–Crippen LogP) is 6.35. The van der Waals surface area contributed by atoms with Crippen molar-refractivity contribution in [2.24, 2.45) is 0 Å². The highest BCUT2D eigenvalue weighted by Crippen LogP contribution is 2.10. The molecule has 0 unspecified atom stereocenters. The molecular weight excluding hydrogens is 328 g/mol. The molecule has 0 aliphatic rings. The second-order valence-corrected chi connectivity index (χ2v) is 7.37. The first-order valence-electron chi connectivity index (χ1n) is 10.9. The average molecular weight is 371 g/mol. The predicted molar refractivity (Wildman–Crippen MR) is 107 cm³/mol. The van der Waals surface area contributed by atoms with Crippen LogP contribution in [0.3, 0.4) is 0 Å². The SMILES string of the molecule is CCCCCCCCCCC(=O)O[C@@H](C)COC(=O)CCCCCCC. The number of carbonyl (C=O) groups excluding carboxylic acids is 2. The Labute approximate surface area is 161 Å². The molecule has 1 atom stereocenters. The molecule has 4 heteroatoms. The minimum atomic E-state index is -0.361. The van der Waals surface area contributed by atoms with Gasteiger partial charge in [-0.2, -0.15) is 0 Å². The largest absolute Gasteiger partial charge is 0.462 e. The molecule has 0 N–H and O–H groups in total. The van der Waals surface area contributed by atoms with Crippen LogP contribution in [0.25, 0.3) is 0 Å². The molecule has 0 aromatic rings. The lowest BCUT2D eigenvalue weighted by Gasteiger charge is -2.13. The second kappa shape index (κ2) is 18.7. The number of hydrogen-bond acceptors (Lipinski definition) is 4. The smallest absolute Gasteiger partial charge is 0.306 e. The Morgan fingerprint density at radius 1 is 0.654 bits per heavy atom. The Bertz CT molecular complexity index is 341. The summed E-state index contributed by atoms with van der Waals surface area (Å²) in [5.74, 6) is -0.369. The van der Waals surface area contributed by atoms with E-state index in [1.54, 1.807) is 6.92 Å². The number of unbranched alkanes of at least 4 members (excludes halogenated alkanes) is 11. The quantitative estimate of drug-likeness (QED) is 0.208. The maximum absolute atomic E-state index is 11.8. The first-order valence-corrected chi connectivity index (χ1v) is 10.9. The van der Waals surface area contributed by atoms with E-state index in [9.17, 15) is 9.59 Å². The number of ether oxygens (including phenoxy) is 2. The standard InChI is InChI=1S/C22H42O4/c1-4-6-8-10-11-12-14-16-18-22(24)26-20(3)19-25-21(23)17-15-13-9-7-5-2/h20H,4-19H2,1-3H3/t20-/m0/s1. The summed E-state index contributed by atoms with van der Waals surface area (Å²) < 4.78 is 10.5. The Morgan fingerprint density at radius 2 is 1.08 bits per heavy atom. The molecule has 0 saturated carbocycles. The molecule has 0 aliphatic heterocycles. The van der Waals surface area contributed by atoms with E-state index in [0.717, 1.165) is 25.7 Å². The summed E-state index contributed by atoms with van der Waals surface area (Å²) in [6.07, 6.45) is 15.8. The van der Waals surface area contributed by atoms with E-state index in [-0.39, 0.29) is 24.6 Å².